The topological polar surface area (TPSA) is 63.6 Å². The SMILES string of the molecule is CC(C)n1cc(-c2nc(C3CC3)cc(=O)[nH]2)cn1. The molecule has 1 saturated carbocycles. The minimum absolute atomic E-state index is 0.0841. The highest BCUT2D eigenvalue weighted by molar-refractivity contribution is 5.52. The third-order valence-electron chi connectivity index (χ3n) is 3.16. The summed E-state index contributed by atoms with van der Waals surface area (Å²) >= 11 is 0. The summed E-state index contributed by atoms with van der Waals surface area (Å²) in [5.41, 5.74) is 1.69. The van der Waals surface area contributed by atoms with E-state index in [-0.39, 0.29) is 5.56 Å². The van der Waals surface area contributed by atoms with Crippen LogP contribution in [0.4, 0.5) is 0 Å². The van der Waals surface area contributed by atoms with E-state index >= 15 is 0 Å². The Hall–Kier alpha value is -1.91. The zero-order valence-electron chi connectivity index (χ0n) is 10.6. The second-order valence-electron chi connectivity index (χ2n) is 5.10. The van der Waals surface area contributed by atoms with Crippen molar-refractivity contribution in [1.29, 1.82) is 0 Å². The van der Waals surface area contributed by atoms with E-state index in [2.05, 4.69) is 28.9 Å². The van der Waals surface area contributed by atoms with Crippen LogP contribution in [0.1, 0.15) is 44.3 Å². The minimum Gasteiger partial charge on any atom is -0.306 e. The van der Waals surface area contributed by atoms with Gasteiger partial charge in [-0.25, -0.2) is 4.98 Å². The summed E-state index contributed by atoms with van der Waals surface area (Å²) < 4.78 is 1.86. The van der Waals surface area contributed by atoms with Gasteiger partial charge in [0.1, 0.15) is 5.82 Å². The molecule has 2 aromatic heterocycles. The van der Waals surface area contributed by atoms with Crippen molar-refractivity contribution in [3.8, 4) is 11.4 Å². The molecule has 1 aliphatic carbocycles. The first-order chi connectivity index (χ1) is 8.63. The molecular weight excluding hydrogens is 228 g/mol. The van der Waals surface area contributed by atoms with Gasteiger partial charge in [-0.15, -0.1) is 0 Å². The molecule has 0 unspecified atom stereocenters. The van der Waals surface area contributed by atoms with Crippen LogP contribution in [0.3, 0.4) is 0 Å². The van der Waals surface area contributed by atoms with E-state index in [9.17, 15) is 4.79 Å². The Balaban J connectivity index is 2.01. The van der Waals surface area contributed by atoms with Gasteiger partial charge in [0.15, 0.2) is 0 Å². The second-order valence-corrected chi connectivity index (χ2v) is 5.10. The van der Waals surface area contributed by atoms with Crippen molar-refractivity contribution in [2.45, 2.75) is 38.6 Å². The van der Waals surface area contributed by atoms with Crippen molar-refractivity contribution in [3.63, 3.8) is 0 Å². The summed E-state index contributed by atoms with van der Waals surface area (Å²) in [6.07, 6.45) is 5.94. The highest BCUT2D eigenvalue weighted by atomic mass is 16.1. The Morgan fingerprint density at radius 3 is 2.83 bits per heavy atom. The van der Waals surface area contributed by atoms with Gasteiger partial charge in [-0.05, 0) is 26.7 Å². The summed E-state index contributed by atoms with van der Waals surface area (Å²) in [5.74, 6) is 1.10. The molecule has 1 aliphatic rings. The third-order valence-corrected chi connectivity index (χ3v) is 3.16. The maximum atomic E-state index is 11.6. The summed E-state index contributed by atoms with van der Waals surface area (Å²) in [6, 6.07) is 1.91. The van der Waals surface area contributed by atoms with Crippen LogP contribution in [-0.2, 0) is 0 Å². The zero-order chi connectivity index (χ0) is 12.7. The molecule has 2 aromatic rings. The predicted octanol–water partition coefficient (Wildman–Crippen LogP) is 2.09. The monoisotopic (exact) mass is 244 g/mol. The largest absolute Gasteiger partial charge is 0.306 e. The van der Waals surface area contributed by atoms with Gasteiger partial charge >= 0.3 is 0 Å². The zero-order valence-corrected chi connectivity index (χ0v) is 10.6. The second kappa shape index (κ2) is 4.08. The first-order valence-corrected chi connectivity index (χ1v) is 6.29. The van der Waals surface area contributed by atoms with Crippen molar-refractivity contribution in [1.82, 2.24) is 19.7 Å². The maximum absolute atomic E-state index is 11.6. The summed E-state index contributed by atoms with van der Waals surface area (Å²) in [6.45, 7) is 4.13. The Labute approximate surface area is 105 Å². The molecule has 94 valence electrons. The van der Waals surface area contributed by atoms with E-state index < -0.39 is 0 Å². The molecule has 5 heteroatoms. The number of aromatic nitrogens is 4. The van der Waals surface area contributed by atoms with Crippen LogP contribution in [0.25, 0.3) is 11.4 Å². The van der Waals surface area contributed by atoms with Crippen molar-refractivity contribution in [3.05, 3.63) is 34.5 Å². The number of hydrogen-bond donors (Lipinski definition) is 1. The van der Waals surface area contributed by atoms with Crippen LogP contribution in [-0.4, -0.2) is 19.7 Å². The third kappa shape index (κ3) is 2.08. The summed E-state index contributed by atoms with van der Waals surface area (Å²) in [4.78, 5) is 18.9. The highest BCUT2D eigenvalue weighted by Crippen LogP contribution is 2.38. The average Bonchev–Trinajstić information content (AvgIpc) is 3.05. The van der Waals surface area contributed by atoms with Crippen LogP contribution >= 0.6 is 0 Å². The van der Waals surface area contributed by atoms with E-state index in [1.807, 2.05) is 10.9 Å². The lowest BCUT2D eigenvalue weighted by molar-refractivity contribution is 0.532. The smallest absolute Gasteiger partial charge is 0.251 e. The van der Waals surface area contributed by atoms with Crippen molar-refractivity contribution >= 4 is 0 Å². The molecule has 0 aliphatic heterocycles. The van der Waals surface area contributed by atoms with E-state index in [1.54, 1.807) is 12.3 Å². The molecule has 18 heavy (non-hydrogen) atoms. The Morgan fingerprint density at radius 2 is 2.22 bits per heavy atom. The number of nitrogens with zero attached hydrogens (tertiary/aromatic N) is 3. The molecule has 0 bridgehead atoms. The van der Waals surface area contributed by atoms with Crippen LogP contribution in [0.15, 0.2) is 23.3 Å². The number of aromatic amines is 1. The van der Waals surface area contributed by atoms with Gasteiger partial charge in [-0.3, -0.25) is 9.48 Å². The van der Waals surface area contributed by atoms with Crippen LogP contribution in [0, 0.1) is 0 Å². The summed E-state index contributed by atoms with van der Waals surface area (Å²) in [5, 5.41) is 4.27. The molecule has 0 spiro atoms. The van der Waals surface area contributed by atoms with Crippen LogP contribution in [0.2, 0.25) is 0 Å². The number of nitrogens with one attached hydrogen (secondary N) is 1. The first kappa shape index (κ1) is 11.2. The molecule has 0 amide bonds. The van der Waals surface area contributed by atoms with Gasteiger partial charge in [0.25, 0.3) is 5.56 Å². The Bertz CT molecular complexity index is 622. The lowest BCUT2D eigenvalue weighted by Gasteiger charge is -2.03. The quantitative estimate of drug-likeness (QED) is 0.899. The molecule has 0 radical (unpaired) electrons. The summed E-state index contributed by atoms with van der Waals surface area (Å²) in [7, 11) is 0. The fourth-order valence-electron chi connectivity index (χ4n) is 1.94. The van der Waals surface area contributed by atoms with Gasteiger partial charge in [0, 0.05) is 24.2 Å². The van der Waals surface area contributed by atoms with Gasteiger partial charge < -0.3 is 4.98 Å². The van der Waals surface area contributed by atoms with E-state index in [0.717, 1.165) is 24.1 Å². The fourth-order valence-corrected chi connectivity index (χ4v) is 1.94. The molecule has 2 heterocycles. The van der Waals surface area contributed by atoms with E-state index in [0.29, 0.717) is 17.8 Å². The van der Waals surface area contributed by atoms with E-state index in [4.69, 9.17) is 0 Å². The van der Waals surface area contributed by atoms with Crippen molar-refractivity contribution in [2.24, 2.45) is 0 Å². The standard InChI is InChI=1S/C13H16N4O/c1-8(2)17-7-10(6-14-17)13-15-11(9-3-4-9)5-12(18)16-13/h5-9H,3-4H2,1-2H3,(H,15,16,18). The normalized spacial score (nSPS) is 15.3. The number of rotatable bonds is 3. The Morgan fingerprint density at radius 1 is 1.44 bits per heavy atom. The number of hydrogen-bond acceptors (Lipinski definition) is 3. The Kier molecular flexibility index (Phi) is 2.54. The molecule has 0 aromatic carbocycles. The molecule has 0 atom stereocenters. The van der Waals surface area contributed by atoms with Crippen molar-refractivity contribution < 1.29 is 0 Å². The van der Waals surface area contributed by atoms with Crippen molar-refractivity contribution in [2.75, 3.05) is 0 Å². The average molecular weight is 244 g/mol. The lowest BCUT2D eigenvalue weighted by atomic mass is 10.2. The molecule has 1 N–H and O–H groups in total. The van der Waals surface area contributed by atoms with E-state index in [1.165, 1.54) is 0 Å². The van der Waals surface area contributed by atoms with Gasteiger partial charge in [0.2, 0.25) is 0 Å². The lowest BCUT2D eigenvalue weighted by Crippen LogP contribution is -2.09. The molecule has 1 fully saturated rings. The van der Waals surface area contributed by atoms with Gasteiger partial charge in [-0.1, -0.05) is 0 Å². The van der Waals surface area contributed by atoms with Gasteiger partial charge in [-0.2, -0.15) is 5.10 Å². The number of H-pyrrole nitrogens is 1. The predicted molar refractivity (Wildman–Crippen MR) is 68.4 cm³/mol. The molecule has 0 saturated heterocycles. The molecule has 5 nitrogen and oxygen atoms in total. The molecular formula is C13H16N4O. The minimum atomic E-state index is -0.0841. The van der Waals surface area contributed by atoms with Gasteiger partial charge in [0.05, 0.1) is 17.5 Å². The van der Waals surface area contributed by atoms with Crippen LogP contribution in [0.5, 0.6) is 0 Å². The molecule has 3 rings (SSSR count). The van der Waals surface area contributed by atoms with Crippen LogP contribution < -0.4 is 5.56 Å². The maximum Gasteiger partial charge on any atom is 0.251 e. The fraction of sp³-hybridized carbons (Fsp3) is 0.462. The first-order valence-electron chi connectivity index (χ1n) is 6.29. The highest BCUT2D eigenvalue weighted by Gasteiger charge is 2.26.